The minimum absolute atomic E-state index is 0.0938. The Kier molecular flexibility index (Phi) is 6.12. The second kappa shape index (κ2) is 7.37. The average molecular weight is 300 g/mol. The number of amides is 1. The van der Waals surface area contributed by atoms with Crippen molar-refractivity contribution in [3.8, 4) is 0 Å². The van der Waals surface area contributed by atoms with E-state index in [1.807, 2.05) is 0 Å². The molecule has 0 bridgehead atoms. The summed E-state index contributed by atoms with van der Waals surface area (Å²) in [5.74, 6) is -0.0938. The van der Waals surface area contributed by atoms with Crippen LogP contribution < -0.4 is 10.6 Å². The average Bonchev–Trinajstić information content (AvgIpc) is 2.37. The van der Waals surface area contributed by atoms with Gasteiger partial charge in [0.05, 0.1) is 11.0 Å². The van der Waals surface area contributed by atoms with E-state index in [0.29, 0.717) is 25.2 Å². The number of rotatable bonds is 7. The maximum Gasteiger partial charge on any atom is 0.216 e. The number of aliphatic hydroxyl groups excluding tert-OH is 1. The van der Waals surface area contributed by atoms with Crippen molar-refractivity contribution in [2.24, 2.45) is 0 Å². The topological polar surface area (TPSA) is 95.5 Å². The minimum Gasteiger partial charge on any atom is -0.387 e. The van der Waals surface area contributed by atoms with Gasteiger partial charge in [-0.1, -0.05) is 12.1 Å². The van der Waals surface area contributed by atoms with Crippen LogP contribution in [-0.2, 0) is 14.6 Å². The summed E-state index contributed by atoms with van der Waals surface area (Å²) in [7, 11) is -3.22. The molecular formula is C13H20N2O4S. The summed E-state index contributed by atoms with van der Waals surface area (Å²) < 4.78 is 22.6. The molecule has 0 aliphatic heterocycles. The second-order valence-corrected chi connectivity index (χ2v) is 6.56. The van der Waals surface area contributed by atoms with Gasteiger partial charge in [-0.25, -0.2) is 8.42 Å². The van der Waals surface area contributed by atoms with Gasteiger partial charge in [0.25, 0.3) is 0 Å². The van der Waals surface area contributed by atoms with Gasteiger partial charge in [0, 0.05) is 32.8 Å². The van der Waals surface area contributed by atoms with E-state index in [2.05, 4.69) is 10.6 Å². The molecule has 0 aliphatic carbocycles. The summed E-state index contributed by atoms with van der Waals surface area (Å²) >= 11 is 0. The van der Waals surface area contributed by atoms with Crippen molar-refractivity contribution >= 4 is 15.7 Å². The van der Waals surface area contributed by atoms with Gasteiger partial charge in [0.1, 0.15) is 0 Å². The van der Waals surface area contributed by atoms with Crippen molar-refractivity contribution in [2.45, 2.75) is 17.9 Å². The number of benzene rings is 1. The maximum atomic E-state index is 11.3. The number of hydrogen-bond donors (Lipinski definition) is 3. The van der Waals surface area contributed by atoms with Gasteiger partial charge in [0.15, 0.2) is 9.84 Å². The molecule has 0 aromatic heterocycles. The van der Waals surface area contributed by atoms with E-state index in [4.69, 9.17) is 0 Å². The van der Waals surface area contributed by atoms with Gasteiger partial charge in [-0.3, -0.25) is 4.79 Å². The molecule has 0 heterocycles. The molecule has 1 atom stereocenters. The molecule has 7 heteroatoms. The smallest absolute Gasteiger partial charge is 0.216 e. The van der Waals surface area contributed by atoms with Gasteiger partial charge >= 0.3 is 0 Å². The van der Waals surface area contributed by atoms with Crippen molar-refractivity contribution < 1.29 is 18.3 Å². The Hall–Kier alpha value is -1.44. The van der Waals surface area contributed by atoms with Crippen LogP contribution in [0.3, 0.4) is 0 Å². The van der Waals surface area contributed by atoms with Gasteiger partial charge in [-0.05, 0) is 17.7 Å². The molecule has 0 saturated heterocycles. The molecule has 0 saturated carbocycles. The van der Waals surface area contributed by atoms with E-state index in [1.54, 1.807) is 12.1 Å². The third-order valence-corrected chi connectivity index (χ3v) is 3.83. The zero-order chi connectivity index (χ0) is 15.2. The predicted octanol–water partition coefficient (Wildman–Crippen LogP) is -0.151. The number of nitrogens with one attached hydrogen (secondary N) is 2. The Labute approximate surface area is 119 Å². The first-order valence-corrected chi connectivity index (χ1v) is 8.13. The number of hydrogen-bond acceptors (Lipinski definition) is 5. The number of carbonyl (C=O) groups excluding carboxylic acids is 1. The Morgan fingerprint density at radius 2 is 1.85 bits per heavy atom. The zero-order valence-corrected chi connectivity index (χ0v) is 12.4. The van der Waals surface area contributed by atoms with Crippen LogP contribution in [0.1, 0.15) is 18.6 Å². The first-order valence-electron chi connectivity index (χ1n) is 6.24. The van der Waals surface area contributed by atoms with Gasteiger partial charge < -0.3 is 15.7 Å². The minimum atomic E-state index is -3.22. The standard InChI is InChI=1S/C13H20N2O4S/c1-10(16)15-8-7-14-9-13(17)11-3-5-12(6-4-11)20(2,18)19/h3-6,13-14,17H,7-9H2,1-2H3,(H,15,16). The molecule has 3 N–H and O–H groups in total. The highest BCUT2D eigenvalue weighted by Gasteiger charge is 2.10. The Bertz CT molecular complexity index is 540. The lowest BCUT2D eigenvalue weighted by atomic mass is 10.1. The Morgan fingerprint density at radius 3 is 2.35 bits per heavy atom. The molecule has 0 aliphatic rings. The van der Waals surface area contributed by atoms with Crippen LogP contribution >= 0.6 is 0 Å². The van der Waals surface area contributed by atoms with Crippen LogP contribution in [0.5, 0.6) is 0 Å². The van der Waals surface area contributed by atoms with E-state index in [9.17, 15) is 18.3 Å². The van der Waals surface area contributed by atoms with E-state index < -0.39 is 15.9 Å². The van der Waals surface area contributed by atoms with Crippen LogP contribution in [0.25, 0.3) is 0 Å². The van der Waals surface area contributed by atoms with Crippen molar-refractivity contribution in [3.05, 3.63) is 29.8 Å². The van der Waals surface area contributed by atoms with Crippen molar-refractivity contribution in [1.29, 1.82) is 0 Å². The highest BCUT2D eigenvalue weighted by molar-refractivity contribution is 7.90. The summed E-state index contributed by atoms with van der Waals surface area (Å²) in [6.45, 7) is 2.82. The molecule has 0 radical (unpaired) electrons. The summed E-state index contributed by atoms with van der Waals surface area (Å²) in [6.07, 6.45) is 0.420. The lowest BCUT2D eigenvalue weighted by Crippen LogP contribution is -2.32. The summed E-state index contributed by atoms with van der Waals surface area (Å²) in [6, 6.07) is 6.14. The molecule has 0 fully saturated rings. The quantitative estimate of drug-likeness (QED) is 0.609. The Balaban J connectivity index is 2.44. The second-order valence-electron chi connectivity index (χ2n) is 4.54. The molecule has 112 valence electrons. The summed E-state index contributed by atoms with van der Waals surface area (Å²) in [4.78, 5) is 10.9. The fourth-order valence-corrected chi connectivity index (χ4v) is 2.25. The molecule has 6 nitrogen and oxygen atoms in total. The largest absolute Gasteiger partial charge is 0.387 e. The number of sulfone groups is 1. The molecule has 1 rings (SSSR count). The monoisotopic (exact) mass is 300 g/mol. The zero-order valence-electron chi connectivity index (χ0n) is 11.6. The summed E-state index contributed by atoms with van der Waals surface area (Å²) in [5, 5.41) is 15.6. The highest BCUT2D eigenvalue weighted by atomic mass is 32.2. The first-order chi connectivity index (χ1) is 9.30. The van der Waals surface area contributed by atoms with E-state index >= 15 is 0 Å². The summed E-state index contributed by atoms with van der Waals surface area (Å²) in [5.41, 5.74) is 0.643. The van der Waals surface area contributed by atoms with Crippen molar-refractivity contribution in [2.75, 3.05) is 25.9 Å². The fourth-order valence-electron chi connectivity index (χ4n) is 1.62. The Morgan fingerprint density at radius 1 is 1.25 bits per heavy atom. The van der Waals surface area contributed by atoms with Crippen LogP contribution in [0.15, 0.2) is 29.2 Å². The highest BCUT2D eigenvalue weighted by Crippen LogP contribution is 2.15. The number of carbonyl (C=O) groups is 1. The molecule has 20 heavy (non-hydrogen) atoms. The van der Waals surface area contributed by atoms with Gasteiger partial charge in [-0.2, -0.15) is 0 Å². The number of aliphatic hydroxyl groups is 1. The lowest BCUT2D eigenvalue weighted by Gasteiger charge is -2.12. The SMILES string of the molecule is CC(=O)NCCNCC(O)c1ccc(S(C)(=O)=O)cc1. The van der Waals surface area contributed by atoms with Gasteiger partial charge in [0.2, 0.25) is 5.91 Å². The predicted molar refractivity (Wildman–Crippen MR) is 76.1 cm³/mol. The van der Waals surface area contributed by atoms with Crippen LogP contribution in [-0.4, -0.2) is 45.3 Å². The lowest BCUT2D eigenvalue weighted by molar-refractivity contribution is -0.118. The van der Waals surface area contributed by atoms with E-state index in [1.165, 1.54) is 19.1 Å². The fraction of sp³-hybridized carbons (Fsp3) is 0.462. The first kappa shape index (κ1) is 16.6. The van der Waals surface area contributed by atoms with Crippen LogP contribution in [0.2, 0.25) is 0 Å². The molecular weight excluding hydrogens is 280 g/mol. The van der Waals surface area contributed by atoms with Crippen molar-refractivity contribution in [1.82, 2.24) is 10.6 Å². The molecule has 1 aromatic carbocycles. The van der Waals surface area contributed by atoms with E-state index in [0.717, 1.165) is 6.26 Å². The van der Waals surface area contributed by atoms with E-state index in [-0.39, 0.29) is 10.8 Å². The molecule has 0 spiro atoms. The molecule has 1 amide bonds. The normalized spacial score (nSPS) is 12.9. The third kappa shape index (κ3) is 5.68. The van der Waals surface area contributed by atoms with Crippen LogP contribution in [0.4, 0.5) is 0 Å². The third-order valence-electron chi connectivity index (χ3n) is 2.71. The molecule has 1 unspecified atom stereocenters. The van der Waals surface area contributed by atoms with Gasteiger partial charge in [-0.15, -0.1) is 0 Å². The molecule has 1 aromatic rings. The van der Waals surface area contributed by atoms with Crippen LogP contribution in [0, 0.1) is 0 Å². The maximum absolute atomic E-state index is 11.3. The van der Waals surface area contributed by atoms with Crippen molar-refractivity contribution in [3.63, 3.8) is 0 Å².